The lowest BCUT2D eigenvalue weighted by Crippen LogP contribution is -2.11. The van der Waals surface area contributed by atoms with Crippen LogP contribution in [-0.2, 0) is 5.41 Å². The first-order chi connectivity index (χ1) is 8.64. The van der Waals surface area contributed by atoms with Crippen LogP contribution < -0.4 is 0 Å². The van der Waals surface area contributed by atoms with Gasteiger partial charge in [0, 0.05) is 16.4 Å². The molecule has 1 aromatic carbocycles. The molecule has 1 aliphatic rings. The SMILES string of the molecule is Cc1cc(-c2csc(C3(CO)CC3)n2)ccc1F. The van der Waals surface area contributed by atoms with Crippen LogP contribution in [0.2, 0.25) is 0 Å². The van der Waals surface area contributed by atoms with Crippen LogP contribution in [0, 0.1) is 12.7 Å². The molecule has 0 aliphatic heterocycles. The molecule has 2 aromatic rings. The maximum atomic E-state index is 13.2. The Hall–Kier alpha value is -1.26. The van der Waals surface area contributed by atoms with Crippen molar-refractivity contribution in [1.82, 2.24) is 4.98 Å². The van der Waals surface area contributed by atoms with E-state index in [0.29, 0.717) is 5.56 Å². The summed E-state index contributed by atoms with van der Waals surface area (Å²) in [4.78, 5) is 4.59. The molecule has 1 N–H and O–H groups in total. The third kappa shape index (κ3) is 1.85. The molecule has 18 heavy (non-hydrogen) atoms. The first-order valence-corrected chi connectivity index (χ1v) is 6.86. The maximum Gasteiger partial charge on any atom is 0.126 e. The Labute approximate surface area is 109 Å². The standard InChI is InChI=1S/C14H14FNOS/c1-9-6-10(2-3-11(9)15)12-7-18-13(16-12)14(8-17)4-5-14/h2-3,6-7,17H,4-5,8H2,1H3. The molecule has 94 valence electrons. The summed E-state index contributed by atoms with van der Waals surface area (Å²) >= 11 is 1.58. The number of halogens is 1. The summed E-state index contributed by atoms with van der Waals surface area (Å²) in [7, 11) is 0. The molecule has 0 spiro atoms. The predicted molar refractivity (Wildman–Crippen MR) is 70.2 cm³/mol. The largest absolute Gasteiger partial charge is 0.395 e. The normalized spacial score (nSPS) is 16.8. The lowest BCUT2D eigenvalue weighted by molar-refractivity contribution is 0.255. The van der Waals surface area contributed by atoms with Gasteiger partial charge < -0.3 is 5.11 Å². The number of aliphatic hydroxyl groups excluding tert-OH is 1. The van der Waals surface area contributed by atoms with E-state index in [4.69, 9.17) is 0 Å². The van der Waals surface area contributed by atoms with E-state index in [2.05, 4.69) is 4.98 Å². The van der Waals surface area contributed by atoms with Crippen LogP contribution in [0.1, 0.15) is 23.4 Å². The van der Waals surface area contributed by atoms with Crippen LogP contribution in [0.4, 0.5) is 4.39 Å². The summed E-state index contributed by atoms with van der Waals surface area (Å²) in [6.45, 7) is 1.92. The van der Waals surface area contributed by atoms with Gasteiger partial charge in [0.1, 0.15) is 10.8 Å². The molecule has 0 saturated heterocycles. The lowest BCUT2D eigenvalue weighted by atomic mass is 10.1. The fourth-order valence-corrected chi connectivity index (χ4v) is 3.13. The maximum absolute atomic E-state index is 13.2. The fraction of sp³-hybridized carbons (Fsp3) is 0.357. The van der Waals surface area contributed by atoms with E-state index in [1.165, 1.54) is 6.07 Å². The summed E-state index contributed by atoms with van der Waals surface area (Å²) < 4.78 is 13.2. The van der Waals surface area contributed by atoms with E-state index in [1.807, 2.05) is 11.4 Å². The minimum absolute atomic E-state index is 0.0853. The zero-order valence-electron chi connectivity index (χ0n) is 10.1. The number of thiazole rings is 1. The predicted octanol–water partition coefficient (Wildman–Crippen LogP) is 3.28. The highest BCUT2D eigenvalue weighted by molar-refractivity contribution is 7.10. The molecule has 0 atom stereocenters. The lowest BCUT2D eigenvalue weighted by Gasteiger charge is -2.06. The van der Waals surface area contributed by atoms with Crippen LogP contribution in [-0.4, -0.2) is 16.7 Å². The molecule has 4 heteroatoms. The van der Waals surface area contributed by atoms with E-state index >= 15 is 0 Å². The number of nitrogens with zero attached hydrogens (tertiary/aromatic N) is 1. The number of aliphatic hydroxyl groups is 1. The van der Waals surface area contributed by atoms with Gasteiger partial charge in [-0.05, 0) is 43.5 Å². The van der Waals surface area contributed by atoms with Crippen LogP contribution in [0.15, 0.2) is 23.6 Å². The first kappa shape index (κ1) is 11.8. The van der Waals surface area contributed by atoms with Crippen molar-refractivity contribution >= 4 is 11.3 Å². The summed E-state index contributed by atoms with van der Waals surface area (Å²) in [5.41, 5.74) is 2.35. The van der Waals surface area contributed by atoms with Crippen molar-refractivity contribution in [3.05, 3.63) is 40.0 Å². The molecule has 1 fully saturated rings. The third-order valence-corrected chi connectivity index (χ3v) is 4.66. The highest BCUT2D eigenvalue weighted by Crippen LogP contribution is 2.49. The molecule has 0 bridgehead atoms. The van der Waals surface area contributed by atoms with Gasteiger partial charge >= 0.3 is 0 Å². The quantitative estimate of drug-likeness (QED) is 0.922. The summed E-state index contributed by atoms with van der Waals surface area (Å²) in [6.07, 6.45) is 2.03. The molecule has 1 heterocycles. The minimum atomic E-state index is -0.191. The van der Waals surface area contributed by atoms with E-state index < -0.39 is 0 Å². The van der Waals surface area contributed by atoms with Crippen LogP contribution in [0.25, 0.3) is 11.3 Å². The molecule has 0 radical (unpaired) electrons. The fourth-order valence-electron chi connectivity index (χ4n) is 2.04. The molecule has 0 unspecified atom stereocenters. The summed E-state index contributed by atoms with van der Waals surface area (Å²) in [6, 6.07) is 5.04. The topological polar surface area (TPSA) is 33.1 Å². The average molecular weight is 263 g/mol. The van der Waals surface area contributed by atoms with Gasteiger partial charge in [-0.1, -0.05) is 0 Å². The third-order valence-electron chi connectivity index (χ3n) is 3.57. The van der Waals surface area contributed by atoms with Crippen molar-refractivity contribution in [3.8, 4) is 11.3 Å². The van der Waals surface area contributed by atoms with Crippen LogP contribution in [0.3, 0.4) is 0 Å². The van der Waals surface area contributed by atoms with Gasteiger partial charge in [-0.15, -0.1) is 11.3 Å². The molecule has 2 nitrogen and oxygen atoms in total. The zero-order chi connectivity index (χ0) is 12.8. The van der Waals surface area contributed by atoms with Crippen molar-refractivity contribution in [2.45, 2.75) is 25.2 Å². The second-order valence-electron chi connectivity index (χ2n) is 4.94. The molecule has 3 rings (SSSR count). The Kier molecular flexibility index (Phi) is 2.72. The first-order valence-electron chi connectivity index (χ1n) is 5.98. The number of aromatic nitrogens is 1. The van der Waals surface area contributed by atoms with Crippen LogP contribution >= 0.6 is 11.3 Å². The van der Waals surface area contributed by atoms with Crippen molar-refractivity contribution < 1.29 is 9.50 Å². The van der Waals surface area contributed by atoms with Crippen LogP contribution in [0.5, 0.6) is 0 Å². The number of benzene rings is 1. The number of hydrogen-bond acceptors (Lipinski definition) is 3. The average Bonchev–Trinajstić information content (AvgIpc) is 3.02. The monoisotopic (exact) mass is 263 g/mol. The van der Waals surface area contributed by atoms with Crippen molar-refractivity contribution in [2.75, 3.05) is 6.61 Å². The Bertz CT molecular complexity index is 589. The van der Waals surface area contributed by atoms with Gasteiger partial charge in [0.2, 0.25) is 0 Å². The molecule has 1 aromatic heterocycles. The molecular formula is C14H14FNOS. The smallest absolute Gasteiger partial charge is 0.126 e. The van der Waals surface area contributed by atoms with Gasteiger partial charge in [-0.2, -0.15) is 0 Å². The number of aryl methyl sites for hydroxylation is 1. The number of hydrogen-bond donors (Lipinski definition) is 1. The van der Waals surface area contributed by atoms with Crippen molar-refractivity contribution in [1.29, 1.82) is 0 Å². The number of rotatable bonds is 3. The van der Waals surface area contributed by atoms with E-state index in [-0.39, 0.29) is 17.8 Å². The Balaban J connectivity index is 1.95. The Morgan fingerprint density at radius 1 is 1.44 bits per heavy atom. The van der Waals surface area contributed by atoms with E-state index in [9.17, 15) is 9.50 Å². The highest BCUT2D eigenvalue weighted by atomic mass is 32.1. The Morgan fingerprint density at radius 2 is 2.22 bits per heavy atom. The van der Waals surface area contributed by atoms with Crippen molar-refractivity contribution in [2.24, 2.45) is 0 Å². The second-order valence-corrected chi connectivity index (χ2v) is 5.80. The van der Waals surface area contributed by atoms with Crippen molar-refractivity contribution in [3.63, 3.8) is 0 Å². The van der Waals surface area contributed by atoms with E-state index in [0.717, 1.165) is 29.1 Å². The molecular weight excluding hydrogens is 249 g/mol. The molecule has 0 amide bonds. The molecule has 1 aliphatic carbocycles. The zero-order valence-corrected chi connectivity index (χ0v) is 10.9. The van der Waals surface area contributed by atoms with Gasteiger partial charge in [0.15, 0.2) is 0 Å². The minimum Gasteiger partial charge on any atom is -0.395 e. The van der Waals surface area contributed by atoms with Gasteiger partial charge in [-0.25, -0.2) is 9.37 Å². The summed E-state index contributed by atoms with van der Waals surface area (Å²) in [5.74, 6) is -0.191. The summed E-state index contributed by atoms with van der Waals surface area (Å²) in [5, 5.41) is 12.4. The second kappa shape index (κ2) is 4.14. The van der Waals surface area contributed by atoms with Gasteiger partial charge in [0.05, 0.1) is 12.3 Å². The Morgan fingerprint density at radius 3 is 2.83 bits per heavy atom. The van der Waals surface area contributed by atoms with Gasteiger partial charge in [-0.3, -0.25) is 0 Å². The highest BCUT2D eigenvalue weighted by Gasteiger charge is 2.46. The van der Waals surface area contributed by atoms with E-state index in [1.54, 1.807) is 24.3 Å². The van der Waals surface area contributed by atoms with Gasteiger partial charge in [0.25, 0.3) is 0 Å². The molecule has 1 saturated carbocycles.